The highest BCUT2D eigenvalue weighted by molar-refractivity contribution is 5.95. The summed E-state index contributed by atoms with van der Waals surface area (Å²) in [5, 5.41) is 2.86. The third kappa shape index (κ3) is 4.61. The summed E-state index contributed by atoms with van der Waals surface area (Å²) in [6, 6.07) is 26.0. The lowest BCUT2D eigenvalue weighted by atomic mass is 10.2. The summed E-state index contributed by atoms with van der Waals surface area (Å²) < 4.78 is 11.5. The molecule has 25 heavy (non-hydrogen) atoms. The van der Waals surface area contributed by atoms with Crippen molar-refractivity contribution in [2.75, 3.05) is 5.32 Å². The van der Waals surface area contributed by atoms with Crippen molar-refractivity contribution in [1.82, 2.24) is 0 Å². The maximum atomic E-state index is 12.4. The van der Waals surface area contributed by atoms with Crippen molar-refractivity contribution in [2.45, 2.75) is 13.0 Å². The molecule has 126 valence electrons. The first kappa shape index (κ1) is 16.6. The smallest absolute Gasteiger partial charge is 0.265 e. The van der Waals surface area contributed by atoms with Gasteiger partial charge in [-0.3, -0.25) is 4.79 Å². The lowest BCUT2D eigenvalue weighted by Crippen LogP contribution is -2.30. The third-order valence-electron chi connectivity index (χ3n) is 3.54. The van der Waals surface area contributed by atoms with Gasteiger partial charge in [-0.25, -0.2) is 0 Å². The van der Waals surface area contributed by atoms with Crippen LogP contribution < -0.4 is 14.8 Å². The van der Waals surface area contributed by atoms with E-state index < -0.39 is 6.10 Å². The van der Waals surface area contributed by atoms with Crippen molar-refractivity contribution in [3.8, 4) is 17.2 Å². The van der Waals surface area contributed by atoms with E-state index in [1.54, 1.807) is 13.0 Å². The molecule has 4 nitrogen and oxygen atoms in total. The Morgan fingerprint density at radius 2 is 1.36 bits per heavy atom. The molecule has 0 radical (unpaired) electrons. The van der Waals surface area contributed by atoms with Gasteiger partial charge in [-0.05, 0) is 43.3 Å². The van der Waals surface area contributed by atoms with E-state index in [9.17, 15) is 4.79 Å². The Kier molecular flexibility index (Phi) is 5.32. The summed E-state index contributed by atoms with van der Waals surface area (Å²) >= 11 is 0. The van der Waals surface area contributed by atoms with Gasteiger partial charge in [-0.2, -0.15) is 0 Å². The zero-order valence-electron chi connectivity index (χ0n) is 13.9. The fourth-order valence-corrected chi connectivity index (χ4v) is 2.27. The Bertz CT molecular complexity index is 819. The molecule has 4 heteroatoms. The van der Waals surface area contributed by atoms with Crippen LogP contribution in [0.2, 0.25) is 0 Å². The summed E-state index contributed by atoms with van der Waals surface area (Å²) in [6.07, 6.45) is -0.632. The Morgan fingerprint density at radius 1 is 0.800 bits per heavy atom. The van der Waals surface area contributed by atoms with Crippen LogP contribution in [0.1, 0.15) is 6.92 Å². The summed E-state index contributed by atoms with van der Waals surface area (Å²) in [7, 11) is 0. The third-order valence-corrected chi connectivity index (χ3v) is 3.54. The number of nitrogens with one attached hydrogen (secondary N) is 1. The molecule has 0 aliphatic carbocycles. The van der Waals surface area contributed by atoms with Crippen LogP contribution in [0, 0.1) is 0 Å². The number of hydrogen-bond donors (Lipinski definition) is 1. The van der Waals surface area contributed by atoms with Crippen molar-refractivity contribution < 1.29 is 14.3 Å². The zero-order valence-corrected chi connectivity index (χ0v) is 13.9. The Hall–Kier alpha value is -3.27. The van der Waals surface area contributed by atoms with Crippen LogP contribution >= 0.6 is 0 Å². The molecular formula is C21H19NO3. The quantitative estimate of drug-likeness (QED) is 0.699. The molecule has 0 aliphatic rings. The molecule has 1 N–H and O–H groups in total. The number of para-hydroxylation sites is 4. The molecule has 3 rings (SSSR count). The van der Waals surface area contributed by atoms with Gasteiger partial charge in [0.15, 0.2) is 11.9 Å². The van der Waals surface area contributed by atoms with E-state index in [0.717, 1.165) is 0 Å². The van der Waals surface area contributed by atoms with Gasteiger partial charge in [0.25, 0.3) is 5.91 Å². The predicted molar refractivity (Wildman–Crippen MR) is 98.1 cm³/mol. The van der Waals surface area contributed by atoms with E-state index in [2.05, 4.69) is 5.32 Å². The monoisotopic (exact) mass is 333 g/mol. The SMILES string of the molecule is C[C@H](Oc1ccccc1)C(=O)Nc1ccccc1Oc1ccccc1. The fraction of sp³-hybridized carbons (Fsp3) is 0.0952. The normalized spacial score (nSPS) is 11.4. The van der Waals surface area contributed by atoms with Crippen molar-refractivity contribution in [3.63, 3.8) is 0 Å². The molecule has 0 aliphatic heterocycles. The second kappa shape index (κ2) is 8.02. The molecule has 0 fully saturated rings. The topological polar surface area (TPSA) is 47.6 Å². The Morgan fingerprint density at radius 3 is 2.04 bits per heavy atom. The maximum Gasteiger partial charge on any atom is 0.265 e. The minimum absolute atomic E-state index is 0.243. The molecule has 0 spiro atoms. The van der Waals surface area contributed by atoms with E-state index >= 15 is 0 Å². The van der Waals surface area contributed by atoms with Gasteiger partial charge in [0, 0.05) is 0 Å². The minimum Gasteiger partial charge on any atom is -0.481 e. The summed E-state index contributed by atoms with van der Waals surface area (Å²) in [5.41, 5.74) is 0.597. The summed E-state index contributed by atoms with van der Waals surface area (Å²) in [4.78, 5) is 12.4. The number of benzene rings is 3. The van der Waals surface area contributed by atoms with E-state index in [4.69, 9.17) is 9.47 Å². The first-order valence-electron chi connectivity index (χ1n) is 8.07. The number of hydrogen-bond acceptors (Lipinski definition) is 3. The molecule has 0 unspecified atom stereocenters. The zero-order chi connectivity index (χ0) is 17.5. The van der Waals surface area contributed by atoms with Crippen molar-refractivity contribution in [1.29, 1.82) is 0 Å². The molecular weight excluding hydrogens is 314 g/mol. The molecule has 0 saturated heterocycles. The first-order chi connectivity index (χ1) is 12.2. The van der Waals surface area contributed by atoms with Gasteiger partial charge in [-0.15, -0.1) is 0 Å². The van der Waals surface area contributed by atoms with E-state index in [-0.39, 0.29) is 5.91 Å². The maximum absolute atomic E-state index is 12.4. The van der Waals surface area contributed by atoms with Crippen LogP contribution in [0.5, 0.6) is 17.2 Å². The second-order valence-electron chi connectivity index (χ2n) is 5.47. The highest BCUT2D eigenvalue weighted by Gasteiger charge is 2.16. The first-order valence-corrected chi connectivity index (χ1v) is 8.07. The number of anilines is 1. The second-order valence-corrected chi connectivity index (χ2v) is 5.47. The van der Waals surface area contributed by atoms with E-state index in [0.29, 0.717) is 22.9 Å². The van der Waals surface area contributed by atoms with Crippen molar-refractivity contribution in [3.05, 3.63) is 84.9 Å². The predicted octanol–water partition coefficient (Wildman–Crippen LogP) is 4.88. The van der Waals surface area contributed by atoms with Crippen LogP contribution in [-0.2, 0) is 4.79 Å². The molecule has 0 bridgehead atoms. The van der Waals surface area contributed by atoms with Gasteiger partial charge in [0.1, 0.15) is 11.5 Å². The average Bonchev–Trinajstić information content (AvgIpc) is 2.65. The van der Waals surface area contributed by atoms with Gasteiger partial charge in [0.2, 0.25) is 0 Å². The molecule has 0 saturated carbocycles. The molecule has 0 aromatic heterocycles. The number of ether oxygens (including phenoxy) is 2. The van der Waals surface area contributed by atoms with Crippen molar-refractivity contribution in [2.24, 2.45) is 0 Å². The molecule has 3 aromatic rings. The average molecular weight is 333 g/mol. The highest BCUT2D eigenvalue weighted by atomic mass is 16.5. The Balaban J connectivity index is 1.69. The van der Waals surface area contributed by atoms with Crippen LogP contribution in [0.15, 0.2) is 84.9 Å². The van der Waals surface area contributed by atoms with E-state index in [1.165, 1.54) is 0 Å². The fourth-order valence-electron chi connectivity index (χ4n) is 2.27. The van der Waals surface area contributed by atoms with Gasteiger partial charge >= 0.3 is 0 Å². The highest BCUT2D eigenvalue weighted by Crippen LogP contribution is 2.29. The number of amides is 1. The number of carbonyl (C=O) groups is 1. The minimum atomic E-state index is -0.632. The number of carbonyl (C=O) groups excluding carboxylic acids is 1. The van der Waals surface area contributed by atoms with Crippen LogP contribution in [0.4, 0.5) is 5.69 Å². The lowest BCUT2D eigenvalue weighted by molar-refractivity contribution is -0.122. The molecule has 1 amide bonds. The summed E-state index contributed by atoms with van der Waals surface area (Å²) in [6.45, 7) is 1.71. The van der Waals surface area contributed by atoms with Gasteiger partial charge < -0.3 is 14.8 Å². The largest absolute Gasteiger partial charge is 0.481 e. The van der Waals surface area contributed by atoms with Crippen molar-refractivity contribution >= 4 is 11.6 Å². The summed E-state index contributed by atoms with van der Waals surface area (Å²) in [5.74, 6) is 1.69. The lowest BCUT2D eigenvalue weighted by Gasteiger charge is -2.16. The van der Waals surface area contributed by atoms with Crippen LogP contribution in [0.3, 0.4) is 0 Å². The van der Waals surface area contributed by atoms with Crippen LogP contribution in [-0.4, -0.2) is 12.0 Å². The van der Waals surface area contributed by atoms with Crippen LogP contribution in [0.25, 0.3) is 0 Å². The number of rotatable bonds is 6. The van der Waals surface area contributed by atoms with E-state index in [1.807, 2.05) is 78.9 Å². The van der Waals surface area contributed by atoms with Gasteiger partial charge in [-0.1, -0.05) is 48.5 Å². The Labute approximate surface area is 147 Å². The molecule has 0 heterocycles. The standard InChI is InChI=1S/C21H19NO3/c1-16(24-17-10-4-2-5-11-17)21(23)22-19-14-8-9-15-20(19)25-18-12-6-3-7-13-18/h2-16H,1H3,(H,22,23)/t16-/m0/s1. The van der Waals surface area contributed by atoms with Gasteiger partial charge in [0.05, 0.1) is 5.69 Å². The molecule has 1 atom stereocenters. The molecule has 3 aromatic carbocycles.